The number of aromatic carboxylic acids is 1. The molecule has 1 aromatic rings. The molecule has 4 rings (SSSR count). The summed E-state index contributed by atoms with van der Waals surface area (Å²) in [6.45, 7) is 8.10. The van der Waals surface area contributed by atoms with Crippen molar-refractivity contribution in [3.8, 4) is 11.5 Å². The summed E-state index contributed by atoms with van der Waals surface area (Å²) in [6.07, 6.45) is 4.27. The van der Waals surface area contributed by atoms with Gasteiger partial charge in [-0.3, -0.25) is 0 Å². The molecule has 1 aromatic carbocycles. The summed E-state index contributed by atoms with van der Waals surface area (Å²) in [6, 6.07) is 0.517. The van der Waals surface area contributed by atoms with Gasteiger partial charge in [-0.25, -0.2) is 4.79 Å². The minimum Gasteiger partial charge on any atom is -0.478 e. The van der Waals surface area contributed by atoms with E-state index in [0.29, 0.717) is 39.6 Å². The zero-order valence-electron chi connectivity index (χ0n) is 16.6. The number of carboxylic acids is 1. The van der Waals surface area contributed by atoms with Gasteiger partial charge in [-0.1, -0.05) is 11.6 Å². The number of fused-ring (bicyclic) bond motifs is 1. The number of carboxylic acid groups (broad SMARTS) is 1. The number of nitrogens with one attached hydrogen (secondary N) is 1. The number of benzene rings is 1. The number of carbonyl (C=O) groups is 1. The van der Waals surface area contributed by atoms with Gasteiger partial charge in [0.1, 0.15) is 0 Å². The lowest BCUT2D eigenvalue weighted by Gasteiger charge is -2.38. The van der Waals surface area contributed by atoms with Crippen LogP contribution >= 0.6 is 11.6 Å². The molecule has 0 amide bonds. The highest BCUT2D eigenvalue weighted by Gasteiger charge is 2.47. The highest BCUT2D eigenvalue weighted by atomic mass is 35.5. The van der Waals surface area contributed by atoms with E-state index in [4.69, 9.17) is 25.8 Å². The second-order valence-corrected chi connectivity index (χ2v) is 8.86. The first-order chi connectivity index (χ1) is 13.3. The molecule has 0 bridgehead atoms. The first kappa shape index (κ1) is 19.8. The molecule has 2 aliphatic heterocycles. The SMILES string of the molecule is Cc1c(Cl)c2c(c(C)c1C(=O)O)OC(C)(C1CCC(CNC3COC3)CC1)O2. The van der Waals surface area contributed by atoms with Gasteiger partial charge < -0.3 is 24.6 Å². The fourth-order valence-corrected chi connectivity index (χ4v) is 4.87. The number of rotatable bonds is 5. The molecular formula is C21H28ClNO5. The third kappa shape index (κ3) is 3.36. The molecule has 0 radical (unpaired) electrons. The fraction of sp³-hybridized carbons (Fsp3) is 0.667. The Morgan fingerprint density at radius 1 is 1.14 bits per heavy atom. The van der Waals surface area contributed by atoms with Crippen LogP contribution in [0.3, 0.4) is 0 Å². The predicted molar refractivity (Wildman–Crippen MR) is 106 cm³/mol. The quantitative estimate of drug-likeness (QED) is 0.767. The fourth-order valence-electron chi connectivity index (χ4n) is 4.65. The number of ether oxygens (including phenoxy) is 3. The average molecular weight is 410 g/mol. The summed E-state index contributed by atoms with van der Waals surface area (Å²) < 4.78 is 17.7. The summed E-state index contributed by atoms with van der Waals surface area (Å²) >= 11 is 6.45. The molecule has 0 spiro atoms. The maximum absolute atomic E-state index is 11.7. The van der Waals surface area contributed by atoms with Crippen LogP contribution in [0.5, 0.6) is 11.5 Å². The van der Waals surface area contributed by atoms with E-state index in [2.05, 4.69) is 5.32 Å². The van der Waals surface area contributed by atoms with E-state index in [1.165, 1.54) is 0 Å². The Kier molecular flexibility index (Phi) is 5.23. The molecular weight excluding hydrogens is 382 g/mol. The molecule has 6 nitrogen and oxygen atoms in total. The van der Waals surface area contributed by atoms with Gasteiger partial charge in [0, 0.05) is 18.4 Å². The maximum Gasteiger partial charge on any atom is 0.336 e. The van der Waals surface area contributed by atoms with Gasteiger partial charge in [0.15, 0.2) is 11.5 Å². The molecule has 1 aliphatic carbocycles. The van der Waals surface area contributed by atoms with Crippen molar-refractivity contribution in [3.05, 3.63) is 21.7 Å². The van der Waals surface area contributed by atoms with Gasteiger partial charge in [-0.15, -0.1) is 0 Å². The van der Waals surface area contributed by atoms with Crippen molar-refractivity contribution in [2.45, 2.75) is 58.3 Å². The lowest BCUT2D eigenvalue weighted by molar-refractivity contribution is -0.123. The van der Waals surface area contributed by atoms with Gasteiger partial charge in [-0.05, 0) is 57.6 Å². The van der Waals surface area contributed by atoms with E-state index in [9.17, 15) is 9.90 Å². The van der Waals surface area contributed by atoms with E-state index in [1.807, 2.05) is 6.92 Å². The zero-order valence-corrected chi connectivity index (χ0v) is 17.4. The van der Waals surface area contributed by atoms with Crippen molar-refractivity contribution in [2.75, 3.05) is 19.8 Å². The first-order valence-corrected chi connectivity index (χ1v) is 10.4. The van der Waals surface area contributed by atoms with Crippen LogP contribution in [0, 0.1) is 25.7 Å². The molecule has 7 heteroatoms. The molecule has 1 atom stereocenters. The Morgan fingerprint density at radius 3 is 2.36 bits per heavy atom. The summed E-state index contributed by atoms with van der Waals surface area (Å²) in [5.74, 6) is 0.0622. The normalized spacial score (nSPS) is 29.6. The lowest BCUT2D eigenvalue weighted by atomic mass is 9.78. The minimum absolute atomic E-state index is 0.200. The van der Waals surface area contributed by atoms with Gasteiger partial charge in [-0.2, -0.15) is 0 Å². The van der Waals surface area contributed by atoms with E-state index < -0.39 is 11.8 Å². The summed E-state index contributed by atoms with van der Waals surface area (Å²) in [4.78, 5) is 11.7. The molecule has 28 heavy (non-hydrogen) atoms. The Labute approximate surface area is 170 Å². The van der Waals surface area contributed by atoms with Crippen LogP contribution < -0.4 is 14.8 Å². The van der Waals surface area contributed by atoms with Gasteiger partial charge in [0.25, 0.3) is 5.79 Å². The van der Waals surface area contributed by atoms with Gasteiger partial charge in [0.2, 0.25) is 0 Å². The molecule has 0 aromatic heterocycles. The van der Waals surface area contributed by atoms with Crippen molar-refractivity contribution in [3.63, 3.8) is 0 Å². The third-order valence-electron chi connectivity index (χ3n) is 6.57. The second-order valence-electron chi connectivity index (χ2n) is 8.48. The second kappa shape index (κ2) is 7.39. The topological polar surface area (TPSA) is 77.0 Å². The summed E-state index contributed by atoms with van der Waals surface area (Å²) in [5.41, 5.74) is 1.30. The van der Waals surface area contributed by atoms with Crippen LogP contribution in [0.1, 0.15) is 54.1 Å². The molecule has 2 fully saturated rings. The first-order valence-electron chi connectivity index (χ1n) is 10.0. The maximum atomic E-state index is 11.7. The number of hydrogen-bond acceptors (Lipinski definition) is 5. The summed E-state index contributed by atoms with van der Waals surface area (Å²) in [5, 5.41) is 13.5. The number of hydrogen-bond donors (Lipinski definition) is 2. The standard InChI is InChI=1S/C21H28ClNO5/c1-11-16(20(24)25)12(2)18-19(17(11)22)28-21(3,27-18)14-6-4-13(5-7-14)8-23-15-9-26-10-15/h13-15,23H,4-10H2,1-3H3,(H,24,25). The van der Waals surface area contributed by atoms with Crippen LogP contribution in [0.25, 0.3) is 0 Å². The van der Waals surface area contributed by atoms with Crippen LogP contribution in [0.4, 0.5) is 0 Å². The molecule has 2 N–H and O–H groups in total. The Bertz CT molecular complexity index is 786. The average Bonchev–Trinajstić information content (AvgIpc) is 2.98. The number of halogens is 1. The van der Waals surface area contributed by atoms with Crippen molar-refractivity contribution in [1.29, 1.82) is 0 Å². The largest absolute Gasteiger partial charge is 0.478 e. The highest BCUT2D eigenvalue weighted by molar-refractivity contribution is 6.33. The molecule has 154 valence electrons. The molecule has 2 heterocycles. The Hall–Kier alpha value is -1.50. The smallest absolute Gasteiger partial charge is 0.336 e. The monoisotopic (exact) mass is 409 g/mol. The van der Waals surface area contributed by atoms with Gasteiger partial charge >= 0.3 is 5.97 Å². The Morgan fingerprint density at radius 2 is 1.79 bits per heavy atom. The predicted octanol–water partition coefficient (Wildman–Crippen LogP) is 3.94. The van der Waals surface area contributed by atoms with E-state index >= 15 is 0 Å². The van der Waals surface area contributed by atoms with Crippen LogP contribution in [0.15, 0.2) is 0 Å². The van der Waals surface area contributed by atoms with Crippen LogP contribution in [-0.4, -0.2) is 42.7 Å². The Balaban J connectivity index is 1.45. The van der Waals surface area contributed by atoms with E-state index in [-0.39, 0.29) is 11.5 Å². The van der Waals surface area contributed by atoms with Crippen molar-refractivity contribution in [1.82, 2.24) is 5.32 Å². The van der Waals surface area contributed by atoms with Crippen LogP contribution in [-0.2, 0) is 4.74 Å². The molecule has 1 unspecified atom stereocenters. The van der Waals surface area contributed by atoms with Crippen molar-refractivity contribution in [2.24, 2.45) is 11.8 Å². The van der Waals surface area contributed by atoms with Gasteiger partial charge in [0.05, 0.1) is 29.8 Å². The molecule has 1 saturated heterocycles. The van der Waals surface area contributed by atoms with Crippen LogP contribution in [0.2, 0.25) is 5.02 Å². The van der Waals surface area contributed by atoms with E-state index in [1.54, 1.807) is 13.8 Å². The minimum atomic E-state index is -0.998. The molecule has 3 aliphatic rings. The van der Waals surface area contributed by atoms with Crippen molar-refractivity contribution < 1.29 is 24.1 Å². The van der Waals surface area contributed by atoms with Crippen molar-refractivity contribution >= 4 is 17.6 Å². The zero-order chi connectivity index (χ0) is 20.1. The summed E-state index contributed by atoms with van der Waals surface area (Å²) in [7, 11) is 0. The van der Waals surface area contributed by atoms with E-state index in [0.717, 1.165) is 45.4 Å². The lowest BCUT2D eigenvalue weighted by Crippen LogP contribution is -2.49. The third-order valence-corrected chi connectivity index (χ3v) is 7.03. The highest BCUT2D eigenvalue weighted by Crippen LogP contribution is 2.53. The molecule has 1 saturated carbocycles.